The van der Waals surface area contributed by atoms with Gasteiger partial charge in [-0.2, -0.15) is 5.43 Å². The minimum Gasteiger partial charge on any atom is -1.00 e. The van der Waals surface area contributed by atoms with Gasteiger partial charge in [0.05, 0.1) is 11.8 Å². The van der Waals surface area contributed by atoms with Crippen LogP contribution in [-0.4, -0.2) is 19.3 Å². The molecule has 58 valence electrons. The van der Waals surface area contributed by atoms with Crippen LogP contribution in [0.5, 0.6) is 0 Å². The van der Waals surface area contributed by atoms with Crippen molar-refractivity contribution in [3.05, 3.63) is 11.3 Å². The molecule has 2 aliphatic heterocycles. The second-order valence-corrected chi connectivity index (χ2v) is 2.15. The zero-order valence-corrected chi connectivity index (χ0v) is 6.86. The highest BCUT2D eigenvalue weighted by atomic mass is 35.5. The second-order valence-electron chi connectivity index (χ2n) is 2.15. The Hall–Kier alpha value is -0.0900. The third-order valence-electron chi connectivity index (χ3n) is 1.60. The molecule has 0 radical (unpaired) electrons. The minimum atomic E-state index is 0. The highest BCUT2D eigenvalue weighted by Gasteiger charge is 2.23. The van der Waals surface area contributed by atoms with E-state index in [4.69, 9.17) is 0 Å². The topological polar surface area (TPSA) is 45.6 Å². The number of hydrogen-bond acceptors (Lipinski definition) is 1. The molecule has 4 N–H and O–H groups in total. The van der Waals surface area contributed by atoms with E-state index in [2.05, 4.69) is 10.4 Å². The molecule has 0 aromatic carbocycles. The number of rotatable bonds is 0. The number of hydrogen-bond donors (Lipinski definition) is 2. The lowest BCUT2D eigenvalue weighted by Crippen LogP contribution is -3.00. The first-order valence-corrected chi connectivity index (χ1v) is 2.87. The minimum absolute atomic E-state index is 0. The molecular weight excluding hydrogens is 173 g/mol. The average molecular weight is 182 g/mol. The summed E-state index contributed by atoms with van der Waals surface area (Å²) in [6.07, 6.45) is 1.96. The van der Waals surface area contributed by atoms with E-state index < -0.39 is 0 Å². The van der Waals surface area contributed by atoms with Gasteiger partial charge in [-0.25, -0.2) is 0 Å². The Balaban J connectivity index is 0.000000405. The van der Waals surface area contributed by atoms with Crippen molar-refractivity contribution in [1.82, 2.24) is 0 Å². The predicted molar refractivity (Wildman–Crippen MR) is 29.1 cm³/mol. The Bertz CT molecular complexity index is 176. The van der Waals surface area contributed by atoms with Crippen molar-refractivity contribution in [3.8, 4) is 0 Å². The van der Waals surface area contributed by atoms with Gasteiger partial charge in [0.1, 0.15) is 6.54 Å². The maximum Gasteiger partial charge on any atom is 0.198 e. The van der Waals surface area contributed by atoms with E-state index >= 15 is 0 Å². The monoisotopic (exact) mass is 181 g/mol. The highest BCUT2D eigenvalue weighted by molar-refractivity contribution is 5.80. The van der Waals surface area contributed by atoms with Gasteiger partial charge in [0.25, 0.3) is 0 Å². The predicted octanol–water partition coefficient (Wildman–Crippen LogP) is -8.61. The highest BCUT2D eigenvalue weighted by Crippen LogP contribution is 1.96. The molecule has 0 saturated heterocycles. The molecule has 5 heteroatoms. The van der Waals surface area contributed by atoms with Crippen molar-refractivity contribution in [3.63, 3.8) is 0 Å². The van der Waals surface area contributed by atoms with Gasteiger partial charge in [-0.3, -0.25) is 0 Å². The van der Waals surface area contributed by atoms with Gasteiger partial charge in [0.15, 0.2) is 12.2 Å². The van der Waals surface area contributed by atoms with Crippen LogP contribution in [0, 0.1) is 0 Å². The molecule has 0 aromatic heterocycles. The number of nitrogens with two attached hydrogens (primary N) is 2. The summed E-state index contributed by atoms with van der Waals surface area (Å²) in [6, 6.07) is 0. The second kappa shape index (κ2) is 3.93. The molecule has 0 atom stereocenters. The molecule has 0 spiro atoms. The van der Waals surface area contributed by atoms with Gasteiger partial charge in [0.2, 0.25) is 0 Å². The molecule has 3 nitrogen and oxygen atoms in total. The molecule has 0 fully saturated rings. The lowest BCUT2D eigenvalue weighted by molar-refractivity contribution is -0.674. The summed E-state index contributed by atoms with van der Waals surface area (Å²) in [5.74, 6) is 0. The van der Waals surface area contributed by atoms with E-state index in [0.717, 1.165) is 13.1 Å². The summed E-state index contributed by atoms with van der Waals surface area (Å²) in [5.41, 5.74) is 4.80. The first-order valence-electron chi connectivity index (χ1n) is 2.87. The van der Waals surface area contributed by atoms with Crippen molar-refractivity contribution >= 4 is 6.21 Å². The third kappa shape index (κ3) is 1.49. The molecule has 0 amide bonds. The normalized spacial score (nSPS) is 20.0. The van der Waals surface area contributed by atoms with Gasteiger partial charge in [-0.1, -0.05) is 5.10 Å². The van der Waals surface area contributed by atoms with Crippen molar-refractivity contribution in [2.24, 2.45) is 5.10 Å². The van der Waals surface area contributed by atoms with Gasteiger partial charge in [-0.15, -0.1) is 0 Å². The molecule has 0 unspecified atom stereocenters. The van der Waals surface area contributed by atoms with Gasteiger partial charge in [-0.05, 0) is 0 Å². The van der Waals surface area contributed by atoms with Crippen molar-refractivity contribution in [2.75, 3.05) is 13.1 Å². The molecule has 2 aliphatic rings. The largest absolute Gasteiger partial charge is 1.00 e. The molecule has 0 bridgehead atoms. The summed E-state index contributed by atoms with van der Waals surface area (Å²) < 4.78 is 0. The van der Waals surface area contributed by atoms with Gasteiger partial charge >= 0.3 is 0 Å². The quantitative estimate of drug-likeness (QED) is 0.349. The summed E-state index contributed by atoms with van der Waals surface area (Å²) in [4.78, 5) is 0. The van der Waals surface area contributed by atoms with Crippen LogP contribution >= 0.6 is 0 Å². The smallest absolute Gasteiger partial charge is 0.198 e. The van der Waals surface area contributed by atoms with Crippen molar-refractivity contribution in [1.29, 1.82) is 0 Å². The van der Waals surface area contributed by atoms with Crippen LogP contribution in [0.1, 0.15) is 0 Å². The van der Waals surface area contributed by atoms with Crippen LogP contribution in [0.2, 0.25) is 0 Å². The van der Waals surface area contributed by atoms with E-state index in [-0.39, 0.29) is 24.8 Å². The van der Waals surface area contributed by atoms with Gasteiger partial charge < -0.3 is 30.1 Å². The molecule has 2 rings (SSSR count). The summed E-state index contributed by atoms with van der Waals surface area (Å²) >= 11 is 0. The summed E-state index contributed by atoms with van der Waals surface area (Å²) in [5, 5.41) is 6.31. The lowest BCUT2D eigenvalue weighted by atomic mass is 10.3. The molecule has 0 aliphatic carbocycles. The molecule has 2 heterocycles. The zero-order chi connectivity index (χ0) is 5.40. The Morgan fingerprint density at radius 2 is 2.10 bits per heavy atom. The zero-order valence-electron chi connectivity index (χ0n) is 5.35. The Labute approximate surface area is 71.8 Å². The van der Waals surface area contributed by atoms with Crippen molar-refractivity contribution < 1.29 is 35.6 Å². The SMILES string of the molecule is C1=N[NH2+]C2=C1C[NH2+]C2.[Cl-].[Cl-]. The van der Waals surface area contributed by atoms with Crippen molar-refractivity contribution in [2.45, 2.75) is 0 Å². The Morgan fingerprint density at radius 3 is 2.80 bits per heavy atom. The van der Waals surface area contributed by atoms with Crippen LogP contribution in [0.3, 0.4) is 0 Å². The third-order valence-corrected chi connectivity index (χ3v) is 1.60. The Morgan fingerprint density at radius 1 is 1.30 bits per heavy atom. The fourth-order valence-corrected chi connectivity index (χ4v) is 1.13. The first-order chi connectivity index (χ1) is 3.97. The van der Waals surface area contributed by atoms with E-state index in [1.54, 1.807) is 0 Å². The number of quaternary nitrogens is 2. The van der Waals surface area contributed by atoms with E-state index in [1.165, 1.54) is 11.3 Å². The molecule has 10 heavy (non-hydrogen) atoms. The van der Waals surface area contributed by atoms with Crippen LogP contribution in [0.25, 0.3) is 0 Å². The van der Waals surface area contributed by atoms with Crippen LogP contribution < -0.4 is 35.6 Å². The first kappa shape index (κ1) is 9.91. The fraction of sp³-hybridized carbons (Fsp3) is 0.400. The number of nitrogens with zero attached hydrogens (tertiary/aromatic N) is 1. The van der Waals surface area contributed by atoms with Crippen LogP contribution in [-0.2, 0) is 0 Å². The molecular formula is C5H9Cl2N3. The Kier molecular flexibility index (Phi) is 3.89. The maximum atomic E-state index is 4.02. The lowest BCUT2D eigenvalue weighted by Gasteiger charge is -1.84. The summed E-state index contributed by atoms with van der Waals surface area (Å²) in [7, 11) is 0. The standard InChI is InChI=1S/C5H7N3.2ClH/c1-4-2-7-8-5(4)3-6-1;;/h2,6H,1,3H2,(H,7,8);2*1H. The van der Waals surface area contributed by atoms with Crippen LogP contribution in [0.15, 0.2) is 16.4 Å². The van der Waals surface area contributed by atoms with Crippen LogP contribution in [0.4, 0.5) is 0 Å². The fourth-order valence-electron chi connectivity index (χ4n) is 1.13. The summed E-state index contributed by atoms with van der Waals surface area (Å²) in [6.45, 7) is 2.27. The average Bonchev–Trinajstić information content (AvgIpc) is 2.15. The maximum absolute atomic E-state index is 4.02. The number of halogens is 2. The van der Waals surface area contributed by atoms with E-state index in [9.17, 15) is 0 Å². The van der Waals surface area contributed by atoms with Gasteiger partial charge in [0, 0.05) is 0 Å². The van der Waals surface area contributed by atoms with E-state index in [1.807, 2.05) is 11.6 Å². The molecule has 0 aromatic rings. The molecule has 0 saturated carbocycles. The van der Waals surface area contributed by atoms with E-state index in [0.29, 0.717) is 0 Å².